The van der Waals surface area contributed by atoms with Crippen LogP contribution in [0.25, 0.3) is 11.3 Å². The number of benzene rings is 2. The molecule has 0 aliphatic heterocycles. The van der Waals surface area contributed by atoms with E-state index in [1.54, 1.807) is 13.0 Å². The number of nitro benzene ring substituents is 1. The zero-order valence-corrected chi connectivity index (χ0v) is 15.4. The van der Waals surface area contributed by atoms with Gasteiger partial charge in [-0.3, -0.25) is 20.2 Å². The first-order chi connectivity index (χ1) is 12.4. The standard InChI is InChI=1S/C19H17N3O3S/c1-11-7-8-14(9-12(11)2)16-10-26-19(20-16)21-18(23)15-5-4-6-17(13(15)3)22(24)25/h4-10H,1-3H3,(H,20,21,23). The number of hydrogen-bond acceptors (Lipinski definition) is 5. The van der Waals surface area contributed by atoms with Gasteiger partial charge in [-0.15, -0.1) is 11.3 Å². The number of aryl methyl sites for hydroxylation is 2. The van der Waals surface area contributed by atoms with Gasteiger partial charge >= 0.3 is 0 Å². The Morgan fingerprint density at radius 2 is 1.92 bits per heavy atom. The van der Waals surface area contributed by atoms with Crippen LogP contribution in [0, 0.1) is 30.9 Å². The summed E-state index contributed by atoms with van der Waals surface area (Å²) in [5.41, 5.74) is 4.67. The van der Waals surface area contributed by atoms with Crippen molar-refractivity contribution < 1.29 is 9.72 Å². The molecule has 0 aliphatic rings. The van der Waals surface area contributed by atoms with Crippen molar-refractivity contribution in [3.8, 4) is 11.3 Å². The van der Waals surface area contributed by atoms with Crippen molar-refractivity contribution in [2.75, 3.05) is 5.32 Å². The molecule has 1 aromatic heterocycles. The molecule has 0 aliphatic carbocycles. The second kappa shape index (κ2) is 7.05. The van der Waals surface area contributed by atoms with Crippen LogP contribution < -0.4 is 5.32 Å². The van der Waals surface area contributed by atoms with Gasteiger partial charge in [0.2, 0.25) is 0 Å². The van der Waals surface area contributed by atoms with Gasteiger partial charge in [0.05, 0.1) is 10.6 Å². The van der Waals surface area contributed by atoms with Crippen molar-refractivity contribution in [1.82, 2.24) is 4.98 Å². The fraction of sp³-hybridized carbons (Fsp3) is 0.158. The maximum absolute atomic E-state index is 12.5. The third kappa shape index (κ3) is 3.48. The number of aromatic nitrogens is 1. The maximum Gasteiger partial charge on any atom is 0.273 e. The summed E-state index contributed by atoms with van der Waals surface area (Å²) < 4.78 is 0. The molecule has 1 N–H and O–H groups in total. The van der Waals surface area contributed by atoms with E-state index < -0.39 is 10.8 Å². The van der Waals surface area contributed by atoms with Gasteiger partial charge < -0.3 is 0 Å². The number of amides is 1. The lowest BCUT2D eigenvalue weighted by Crippen LogP contribution is -2.14. The molecule has 0 saturated carbocycles. The molecule has 6 nitrogen and oxygen atoms in total. The van der Waals surface area contributed by atoms with Crippen LogP contribution in [0.4, 0.5) is 10.8 Å². The number of carbonyl (C=O) groups is 1. The van der Waals surface area contributed by atoms with Crippen LogP contribution in [-0.2, 0) is 0 Å². The summed E-state index contributed by atoms with van der Waals surface area (Å²) in [4.78, 5) is 27.5. The molecule has 0 bridgehead atoms. The molecular formula is C19H17N3O3S. The second-order valence-electron chi connectivity index (χ2n) is 6.00. The fourth-order valence-corrected chi connectivity index (χ4v) is 3.31. The minimum Gasteiger partial charge on any atom is -0.298 e. The summed E-state index contributed by atoms with van der Waals surface area (Å²) in [5.74, 6) is -0.410. The van der Waals surface area contributed by atoms with Gasteiger partial charge in [-0.2, -0.15) is 0 Å². The Balaban J connectivity index is 1.83. The van der Waals surface area contributed by atoms with E-state index in [-0.39, 0.29) is 11.3 Å². The Bertz CT molecular complexity index is 1010. The van der Waals surface area contributed by atoms with E-state index in [9.17, 15) is 14.9 Å². The Hall–Kier alpha value is -3.06. The van der Waals surface area contributed by atoms with Crippen molar-refractivity contribution in [3.05, 3.63) is 74.1 Å². The van der Waals surface area contributed by atoms with Crippen LogP contribution in [0.15, 0.2) is 41.8 Å². The molecule has 0 radical (unpaired) electrons. The lowest BCUT2D eigenvalue weighted by Gasteiger charge is -2.06. The number of nitrogens with one attached hydrogen (secondary N) is 1. The van der Waals surface area contributed by atoms with Crippen molar-refractivity contribution in [2.45, 2.75) is 20.8 Å². The highest BCUT2D eigenvalue weighted by molar-refractivity contribution is 7.14. The number of carbonyl (C=O) groups excluding carboxylic acids is 1. The predicted molar refractivity (Wildman–Crippen MR) is 103 cm³/mol. The Labute approximate surface area is 154 Å². The normalized spacial score (nSPS) is 10.6. The smallest absolute Gasteiger partial charge is 0.273 e. The third-order valence-electron chi connectivity index (χ3n) is 4.27. The summed E-state index contributed by atoms with van der Waals surface area (Å²) in [7, 11) is 0. The molecular weight excluding hydrogens is 350 g/mol. The number of nitrogens with zero attached hydrogens (tertiary/aromatic N) is 2. The maximum atomic E-state index is 12.5. The monoisotopic (exact) mass is 367 g/mol. The molecule has 0 unspecified atom stereocenters. The van der Waals surface area contributed by atoms with E-state index in [1.807, 2.05) is 31.4 Å². The van der Waals surface area contributed by atoms with E-state index in [0.717, 1.165) is 11.3 Å². The molecule has 26 heavy (non-hydrogen) atoms. The summed E-state index contributed by atoms with van der Waals surface area (Å²) >= 11 is 1.32. The Morgan fingerprint density at radius 3 is 2.62 bits per heavy atom. The Morgan fingerprint density at radius 1 is 1.15 bits per heavy atom. The zero-order chi connectivity index (χ0) is 18.8. The lowest BCUT2D eigenvalue weighted by atomic mass is 10.1. The van der Waals surface area contributed by atoms with Crippen LogP contribution in [0.3, 0.4) is 0 Å². The van der Waals surface area contributed by atoms with Crippen LogP contribution >= 0.6 is 11.3 Å². The molecule has 7 heteroatoms. The minimum absolute atomic E-state index is 0.0763. The largest absolute Gasteiger partial charge is 0.298 e. The first-order valence-corrected chi connectivity index (χ1v) is 8.83. The molecule has 0 saturated heterocycles. The van der Waals surface area contributed by atoms with Crippen molar-refractivity contribution in [3.63, 3.8) is 0 Å². The topological polar surface area (TPSA) is 85.1 Å². The molecule has 1 amide bonds. The summed E-state index contributed by atoms with van der Waals surface area (Å²) in [6, 6.07) is 10.5. The lowest BCUT2D eigenvalue weighted by molar-refractivity contribution is -0.385. The second-order valence-corrected chi connectivity index (χ2v) is 6.86. The molecule has 0 fully saturated rings. The summed E-state index contributed by atoms with van der Waals surface area (Å²) in [6.45, 7) is 5.65. The predicted octanol–water partition coefficient (Wildman–Crippen LogP) is 4.90. The van der Waals surface area contributed by atoms with Crippen LogP contribution in [0.5, 0.6) is 0 Å². The number of nitro groups is 1. The average molecular weight is 367 g/mol. The van der Waals surface area contributed by atoms with Crippen molar-refractivity contribution in [2.24, 2.45) is 0 Å². The molecule has 3 rings (SSSR count). The number of rotatable bonds is 4. The van der Waals surface area contributed by atoms with E-state index in [1.165, 1.54) is 34.6 Å². The summed E-state index contributed by atoms with van der Waals surface area (Å²) in [5, 5.41) is 16.1. The molecule has 2 aromatic carbocycles. The van der Waals surface area contributed by atoms with Gasteiger partial charge in [-0.25, -0.2) is 4.98 Å². The Kier molecular flexibility index (Phi) is 4.81. The van der Waals surface area contributed by atoms with Gasteiger partial charge in [0.25, 0.3) is 11.6 Å². The number of thiazole rings is 1. The van der Waals surface area contributed by atoms with Crippen LogP contribution in [0.1, 0.15) is 27.0 Å². The van der Waals surface area contributed by atoms with E-state index in [4.69, 9.17) is 0 Å². The minimum atomic E-state index is -0.493. The number of anilines is 1. The number of hydrogen-bond donors (Lipinski definition) is 1. The van der Waals surface area contributed by atoms with E-state index in [2.05, 4.69) is 16.4 Å². The highest BCUT2D eigenvalue weighted by Gasteiger charge is 2.19. The first-order valence-electron chi connectivity index (χ1n) is 7.95. The highest BCUT2D eigenvalue weighted by atomic mass is 32.1. The average Bonchev–Trinajstić information content (AvgIpc) is 3.05. The van der Waals surface area contributed by atoms with Crippen molar-refractivity contribution in [1.29, 1.82) is 0 Å². The molecule has 3 aromatic rings. The summed E-state index contributed by atoms with van der Waals surface area (Å²) in [6.07, 6.45) is 0. The van der Waals surface area contributed by atoms with Gasteiger partial charge in [-0.1, -0.05) is 18.2 Å². The molecule has 0 spiro atoms. The zero-order valence-electron chi connectivity index (χ0n) is 14.6. The highest BCUT2D eigenvalue weighted by Crippen LogP contribution is 2.27. The molecule has 132 valence electrons. The van der Waals surface area contributed by atoms with Gasteiger partial charge in [0, 0.05) is 28.1 Å². The van der Waals surface area contributed by atoms with Crippen molar-refractivity contribution >= 4 is 28.1 Å². The third-order valence-corrected chi connectivity index (χ3v) is 5.03. The molecule has 0 atom stereocenters. The van der Waals surface area contributed by atoms with Crippen LogP contribution in [-0.4, -0.2) is 15.8 Å². The SMILES string of the molecule is Cc1ccc(-c2csc(NC(=O)c3cccc([N+](=O)[O-])c3C)n2)cc1C. The molecule has 1 heterocycles. The van der Waals surface area contributed by atoms with E-state index in [0.29, 0.717) is 10.7 Å². The quantitative estimate of drug-likeness (QED) is 0.525. The first kappa shape index (κ1) is 17.8. The van der Waals surface area contributed by atoms with E-state index >= 15 is 0 Å². The fourth-order valence-electron chi connectivity index (χ4n) is 2.60. The van der Waals surface area contributed by atoms with Gasteiger partial charge in [-0.05, 0) is 44.0 Å². The van der Waals surface area contributed by atoms with Gasteiger partial charge in [0.15, 0.2) is 5.13 Å². The van der Waals surface area contributed by atoms with Gasteiger partial charge in [0.1, 0.15) is 0 Å². The van der Waals surface area contributed by atoms with Crippen LogP contribution in [0.2, 0.25) is 0 Å².